The van der Waals surface area contributed by atoms with E-state index in [0.717, 1.165) is 25.7 Å². The standard InChI is InChI=1S/C13H17NO4S/c1-13(8-2-3-9-13)14-19(17,18)11-6-4-10(5-7-11)12(15)16/h4-7,14H,2-3,8-9H2,1H3,(H,15,16). The zero-order valence-corrected chi connectivity index (χ0v) is 11.5. The lowest BCUT2D eigenvalue weighted by molar-refractivity contribution is 0.0696. The first-order chi connectivity index (χ1) is 8.82. The average molecular weight is 283 g/mol. The Morgan fingerprint density at radius 2 is 1.74 bits per heavy atom. The number of hydrogen-bond acceptors (Lipinski definition) is 3. The number of rotatable bonds is 4. The van der Waals surface area contributed by atoms with Crippen molar-refractivity contribution in [2.75, 3.05) is 0 Å². The van der Waals surface area contributed by atoms with Gasteiger partial charge in [-0.25, -0.2) is 17.9 Å². The van der Waals surface area contributed by atoms with Gasteiger partial charge >= 0.3 is 5.97 Å². The van der Waals surface area contributed by atoms with E-state index in [4.69, 9.17) is 5.11 Å². The third-order valence-electron chi connectivity index (χ3n) is 3.50. The van der Waals surface area contributed by atoms with Gasteiger partial charge in [-0.05, 0) is 44.0 Å². The van der Waals surface area contributed by atoms with Gasteiger partial charge in [-0.2, -0.15) is 0 Å². The first-order valence-electron chi connectivity index (χ1n) is 6.20. The van der Waals surface area contributed by atoms with E-state index in [9.17, 15) is 13.2 Å². The minimum Gasteiger partial charge on any atom is -0.478 e. The number of benzene rings is 1. The summed E-state index contributed by atoms with van der Waals surface area (Å²) in [6, 6.07) is 5.25. The molecule has 1 aromatic carbocycles. The molecule has 0 unspecified atom stereocenters. The van der Waals surface area contributed by atoms with Crippen LogP contribution in [0.5, 0.6) is 0 Å². The van der Waals surface area contributed by atoms with Crippen molar-refractivity contribution in [1.82, 2.24) is 4.72 Å². The fraction of sp³-hybridized carbons (Fsp3) is 0.462. The highest BCUT2D eigenvalue weighted by Gasteiger charge is 2.33. The molecule has 1 aromatic rings. The van der Waals surface area contributed by atoms with Gasteiger partial charge in [0.1, 0.15) is 0 Å². The van der Waals surface area contributed by atoms with E-state index in [1.807, 2.05) is 6.92 Å². The molecule has 5 nitrogen and oxygen atoms in total. The molecule has 6 heteroatoms. The van der Waals surface area contributed by atoms with Crippen molar-refractivity contribution in [3.05, 3.63) is 29.8 Å². The van der Waals surface area contributed by atoms with Crippen LogP contribution in [0, 0.1) is 0 Å². The van der Waals surface area contributed by atoms with Gasteiger partial charge < -0.3 is 5.11 Å². The van der Waals surface area contributed by atoms with Gasteiger partial charge in [-0.1, -0.05) is 12.8 Å². The Morgan fingerprint density at radius 1 is 1.21 bits per heavy atom. The zero-order valence-electron chi connectivity index (χ0n) is 10.7. The van der Waals surface area contributed by atoms with Crippen LogP contribution in [0.2, 0.25) is 0 Å². The molecule has 1 saturated carbocycles. The predicted octanol–water partition coefficient (Wildman–Crippen LogP) is 2.00. The molecule has 0 aromatic heterocycles. The number of aromatic carboxylic acids is 1. The van der Waals surface area contributed by atoms with Gasteiger partial charge in [-0.3, -0.25) is 0 Å². The summed E-state index contributed by atoms with van der Waals surface area (Å²) < 4.78 is 27.2. The molecule has 0 bridgehead atoms. The van der Waals surface area contributed by atoms with Crippen LogP contribution >= 0.6 is 0 Å². The van der Waals surface area contributed by atoms with Gasteiger partial charge in [0.2, 0.25) is 10.0 Å². The Balaban J connectivity index is 2.22. The predicted molar refractivity (Wildman–Crippen MR) is 70.6 cm³/mol. The topological polar surface area (TPSA) is 83.5 Å². The van der Waals surface area contributed by atoms with Gasteiger partial charge in [0.25, 0.3) is 0 Å². The van der Waals surface area contributed by atoms with E-state index in [2.05, 4.69) is 4.72 Å². The van der Waals surface area contributed by atoms with E-state index in [0.29, 0.717) is 0 Å². The molecule has 0 amide bonds. The fourth-order valence-corrected chi connectivity index (χ4v) is 3.88. The first-order valence-corrected chi connectivity index (χ1v) is 7.68. The van der Waals surface area contributed by atoms with Gasteiger partial charge in [0, 0.05) is 5.54 Å². The monoisotopic (exact) mass is 283 g/mol. The molecule has 19 heavy (non-hydrogen) atoms. The Bertz CT molecular complexity index is 571. The Morgan fingerprint density at radius 3 is 2.21 bits per heavy atom. The molecule has 0 spiro atoms. The van der Waals surface area contributed by atoms with Crippen molar-refractivity contribution in [1.29, 1.82) is 0 Å². The number of nitrogens with one attached hydrogen (secondary N) is 1. The molecule has 0 heterocycles. The molecule has 0 atom stereocenters. The SMILES string of the molecule is CC1(NS(=O)(=O)c2ccc(C(=O)O)cc2)CCCC1. The summed E-state index contributed by atoms with van der Waals surface area (Å²) in [5, 5.41) is 8.78. The molecule has 1 aliphatic rings. The highest BCUT2D eigenvalue weighted by Crippen LogP contribution is 2.30. The molecule has 1 fully saturated rings. The summed E-state index contributed by atoms with van der Waals surface area (Å²) in [6.07, 6.45) is 3.72. The van der Waals surface area contributed by atoms with Crippen LogP contribution in [0.15, 0.2) is 29.2 Å². The van der Waals surface area contributed by atoms with Gasteiger partial charge in [0.15, 0.2) is 0 Å². The normalized spacial score (nSPS) is 18.4. The molecule has 104 valence electrons. The molecular formula is C13H17NO4S. The minimum atomic E-state index is -3.59. The maximum absolute atomic E-state index is 12.2. The molecule has 0 saturated heterocycles. The number of sulfonamides is 1. The van der Waals surface area contributed by atoms with Crippen molar-refractivity contribution in [2.45, 2.75) is 43.0 Å². The van der Waals surface area contributed by atoms with Gasteiger partial charge in [0.05, 0.1) is 10.5 Å². The second-order valence-corrected chi connectivity index (χ2v) is 6.89. The Hall–Kier alpha value is -1.40. The van der Waals surface area contributed by atoms with Crippen molar-refractivity contribution in [3.8, 4) is 0 Å². The van der Waals surface area contributed by atoms with Crippen molar-refractivity contribution >= 4 is 16.0 Å². The highest BCUT2D eigenvalue weighted by molar-refractivity contribution is 7.89. The molecular weight excluding hydrogens is 266 g/mol. The van der Waals surface area contributed by atoms with Crippen molar-refractivity contribution < 1.29 is 18.3 Å². The number of carboxylic acids is 1. The lowest BCUT2D eigenvalue weighted by Crippen LogP contribution is -2.43. The zero-order chi connectivity index (χ0) is 14.1. The lowest BCUT2D eigenvalue weighted by atomic mass is 10.0. The molecule has 0 aliphatic heterocycles. The fourth-order valence-electron chi connectivity index (χ4n) is 2.42. The van der Waals surface area contributed by atoms with E-state index in [-0.39, 0.29) is 16.0 Å². The maximum Gasteiger partial charge on any atom is 0.335 e. The molecule has 2 N–H and O–H groups in total. The highest BCUT2D eigenvalue weighted by atomic mass is 32.2. The Kier molecular flexibility index (Phi) is 3.64. The number of carbonyl (C=O) groups is 1. The van der Waals surface area contributed by atoms with Crippen LogP contribution in [0.25, 0.3) is 0 Å². The van der Waals surface area contributed by atoms with Gasteiger partial charge in [-0.15, -0.1) is 0 Å². The van der Waals surface area contributed by atoms with Crippen molar-refractivity contribution in [3.63, 3.8) is 0 Å². The molecule has 2 rings (SSSR count). The third-order valence-corrected chi connectivity index (χ3v) is 5.15. The third kappa shape index (κ3) is 3.13. The minimum absolute atomic E-state index is 0.0750. The quantitative estimate of drug-likeness (QED) is 0.885. The van der Waals surface area contributed by atoms with E-state index in [1.54, 1.807) is 0 Å². The van der Waals surface area contributed by atoms with E-state index >= 15 is 0 Å². The average Bonchev–Trinajstić information content (AvgIpc) is 2.75. The summed E-state index contributed by atoms with van der Waals surface area (Å²) in [5.41, 5.74) is -0.310. The number of hydrogen-bond donors (Lipinski definition) is 2. The largest absolute Gasteiger partial charge is 0.478 e. The molecule has 0 radical (unpaired) electrons. The maximum atomic E-state index is 12.2. The van der Waals surface area contributed by atoms with E-state index in [1.165, 1.54) is 24.3 Å². The second-order valence-electron chi connectivity index (χ2n) is 5.20. The smallest absolute Gasteiger partial charge is 0.335 e. The summed E-state index contributed by atoms with van der Waals surface area (Å²) in [5.74, 6) is -1.07. The van der Waals surface area contributed by atoms with Crippen LogP contribution in [0.4, 0.5) is 0 Å². The number of carboxylic acid groups (broad SMARTS) is 1. The molecule has 1 aliphatic carbocycles. The van der Waals surface area contributed by atoms with Crippen LogP contribution in [0.1, 0.15) is 43.0 Å². The summed E-state index contributed by atoms with van der Waals surface area (Å²) in [4.78, 5) is 10.8. The van der Waals surface area contributed by atoms with E-state index < -0.39 is 16.0 Å². The van der Waals surface area contributed by atoms with Crippen LogP contribution in [0.3, 0.4) is 0 Å². The van der Waals surface area contributed by atoms with Crippen LogP contribution < -0.4 is 4.72 Å². The summed E-state index contributed by atoms with van der Waals surface area (Å²) in [7, 11) is -3.59. The van der Waals surface area contributed by atoms with Crippen LogP contribution in [-0.4, -0.2) is 25.0 Å². The Labute approximate surface area is 112 Å². The summed E-state index contributed by atoms with van der Waals surface area (Å²) in [6.45, 7) is 1.91. The summed E-state index contributed by atoms with van der Waals surface area (Å²) >= 11 is 0. The van der Waals surface area contributed by atoms with Crippen molar-refractivity contribution in [2.24, 2.45) is 0 Å². The van der Waals surface area contributed by atoms with Crippen LogP contribution in [-0.2, 0) is 10.0 Å². The lowest BCUT2D eigenvalue weighted by Gasteiger charge is -2.24. The second kappa shape index (κ2) is 4.94. The first kappa shape index (κ1) is 14.0.